The standard InChI is InChI=1S/C24H20FNO3/c1-2-14-26-21(16-10-12-17(25)13-11-16)20(23(28)24(26)29)22(27)19-9-5-7-15-6-3-4-8-18(15)19/h3-13,21,27H,2,14H2,1H3/b22-20-. The van der Waals surface area contributed by atoms with Gasteiger partial charge in [0.2, 0.25) is 0 Å². The lowest BCUT2D eigenvalue weighted by Crippen LogP contribution is -2.30. The Kier molecular flexibility index (Phi) is 4.89. The van der Waals surface area contributed by atoms with Crippen LogP contribution in [-0.4, -0.2) is 28.2 Å². The maximum atomic E-state index is 13.5. The Morgan fingerprint density at radius 1 is 1.00 bits per heavy atom. The Morgan fingerprint density at radius 3 is 2.41 bits per heavy atom. The van der Waals surface area contributed by atoms with Crippen LogP contribution in [0.4, 0.5) is 4.39 Å². The van der Waals surface area contributed by atoms with Gasteiger partial charge in [0.15, 0.2) is 0 Å². The van der Waals surface area contributed by atoms with Crippen molar-refractivity contribution in [1.82, 2.24) is 4.90 Å². The van der Waals surface area contributed by atoms with E-state index in [1.165, 1.54) is 17.0 Å². The average Bonchev–Trinajstić information content (AvgIpc) is 2.99. The molecule has 1 amide bonds. The van der Waals surface area contributed by atoms with Gasteiger partial charge in [0, 0.05) is 12.1 Å². The van der Waals surface area contributed by atoms with Gasteiger partial charge in [-0.15, -0.1) is 0 Å². The Morgan fingerprint density at radius 2 is 1.69 bits per heavy atom. The number of hydrogen-bond acceptors (Lipinski definition) is 3. The summed E-state index contributed by atoms with van der Waals surface area (Å²) in [6.07, 6.45) is 0.652. The first-order valence-electron chi connectivity index (χ1n) is 9.55. The van der Waals surface area contributed by atoms with Gasteiger partial charge >= 0.3 is 0 Å². The molecule has 3 aromatic carbocycles. The molecule has 1 N–H and O–H groups in total. The van der Waals surface area contributed by atoms with Crippen LogP contribution in [0.15, 0.2) is 72.3 Å². The van der Waals surface area contributed by atoms with E-state index in [1.54, 1.807) is 24.3 Å². The number of rotatable bonds is 4. The van der Waals surface area contributed by atoms with E-state index in [4.69, 9.17) is 0 Å². The van der Waals surface area contributed by atoms with Gasteiger partial charge < -0.3 is 10.0 Å². The third-order valence-electron chi connectivity index (χ3n) is 5.23. The predicted molar refractivity (Wildman–Crippen MR) is 110 cm³/mol. The van der Waals surface area contributed by atoms with Crippen LogP contribution in [0.5, 0.6) is 0 Å². The summed E-state index contributed by atoms with van der Waals surface area (Å²) in [6, 6.07) is 17.9. The maximum absolute atomic E-state index is 13.5. The van der Waals surface area contributed by atoms with Gasteiger partial charge in [0.1, 0.15) is 11.6 Å². The molecule has 146 valence electrons. The van der Waals surface area contributed by atoms with Gasteiger partial charge in [-0.2, -0.15) is 0 Å². The molecule has 0 aliphatic carbocycles. The third kappa shape index (κ3) is 3.18. The highest BCUT2D eigenvalue weighted by Gasteiger charge is 2.45. The van der Waals surface area contributed by atoms with Gasteiger partial charge in [-0.25, -0.2) is 4.39 Å². The van der Waals surface area contributed by atoms with Crippen molar-refractivity contribution in [3.05, 3.63) is 89.2 Å². The first-order valence-corrected chi connectivity index (χ1v) is 9.55. The van der Waals surface area contributed by atoms with Crippen molar-refractivity contribution in [2.24, 2.45) is 0 Å². The molecule has 5 heteroatoms. The monoisotopic (exact) mass is 389 g/mol. The molecule has 1 saturated heterocycles. The number of amides is 1. The van der Waals surface area contributed by atoms with E-state index < -0.39 is 23.5 Å². The molecule has 3 aromatic rings. The molecule has 1 heterocycles. The SMILES string of the molecule is CCCN1C(=O)C(=O)/C(=C(\O)c2cccc3ccccc23)C1c1ccc(F)cc1. The van der Waals surface area contributed by atoms with Crippen LogP contribution in [0, 0.1) is 5.82 Å². The first-order chi connectivity index (χ1) is 14.0. The molecule has 0 aromatic heterocycles. The fourth-order valence-electron chi connectivity index (χ4n) is 3.92. The number of fused-ring (bicyclic) bond motifs is 1. The van der Waals surface area contributed by atoms with Crippen molar-refractivity contribution in [2.45, 2.75) is 19.4 Å². The second-order valence-electron chi connectivity index (χ2n) is 7.07. The number of aliphatic hydroxyl groups is 1. The van der Waals surface area contributed by atoms with Crippen LogP contribution in [0.25, 0.3) is 16.5 Å². The Balaban J connectivity index is 1.95. The van der Waals surface area contributed by atoms with Crippen molar-refractivity contribution in [3.63, 3.8) is 0 Å². The van der Waals surface area contributed by atoms with Gasteiger partial charge in [0.05, 0.1) is 11.6 Å². The van der Waals surface area contributed by atoms with Crippen molar-refractivity contribution in [1.29, 1.82) is 0 Å². The summed E-state index contributed by atoms with van der Waals surface area (Å²) in [7, 11) is 0. The Bertz CT molecular complexity index is 1130. The molecular weight excluding hydrogens is 369 g/mol. The van der Waals surface area contributed by atoms with Gasteiger partial charge in [-0.1, -0.05) is 61.5 Å². The van der Waals surface area contributed by atoms with Gasteiger partial charge in [-0.3, -0.25) is 9.59 Å². The number of carbonyl (C=O) groups is 2. The highest BCUT2D eigenvalue weighted by molar-refractivity contribution is 6.46. The predicted octanol–water partition coefficient (Wildman–Crippen LogP) is 4.81. The maximum Gasteiger partial charge on any atom is 0.295 e. The molecular formula is C24H20FNO3. The van der Waals surface area contributed by atoms with Crippen molar-refractivity contribution >= 4 is 28.2 Å². The van der Waals surface area contributed by atoms with Crippen LogP contribution in [0.2, 0.25) is 0 Å². The summed E-state index contributed by atoms with van der Waals surface area (Å²) in [4.78, 5) is 27.1. The normalized spacial score (nSPS) is 18.6. The van der Waals surface area contributed by atoms with Crippen LogP contribution >= 0.6 is 0 Å². The lowest BCUT2D eigenvalue weighted by Gasteiger charge is -2.25. The molecule has 0 spiro atoms. The lowest BCUT2D eigenvalue weighted by atomic mass is 9.93. The Labute approximate surface area is 167 Å². The van der Waals surface area contributed by atoms with Crippen LogP contribution in [0.3, 0.4) is 0 Å². The lowest BCUT2D eigenvalue weighted by molar-refractivity contribution is -0.139. The highest BCUT2D eigenvalue weighted by Crippen LogP contribution is 2.40. The number of benzene rings is 3. The minimum atomic E-state index is -0.755. The summed E-state index contributed by atoms with van der Waals surface area (Å²) in [5.74, 6) is -2.00. The number of carbonyl (C=O) groups excluding carboxylic acids is 2. The van der Waals surface area contributed by atoms with Crippen molar-refractivity contribution in [2.75, 3.05) is 6.54 Å². The largest absolute Gasteiger partial charge is 0.507 e. The summed E-state index contributed by atoms with van der Waals surface area (Å²) >= 11 is 0. The number of halogens is 1. The molecule has 1 fully saturated rings. The number of hydrogen-bond donors (Lipinski definition) is 1. The number of nitrogens with zero attached hydrogens (tertiary/aromatic N) is 1. The summed E-state index contributed by atoms with van der Waals surface area (Å²) in [5, 5.41) is 12.9. The van der Waals surface area contributed by atoms with E-state index in [0.29, 0.717) is 24.1 Å². The molecule has 29 heavy (non-hydrogen) atoms. The van der Waals surface area contributed by atoms with E-state index in [-0.39, 0.29) is 11.3 Å². The van der Waals surface area contributed by atoms with Crippen molar-refractivity contribution in [3.8, 4) is 0 Å². The van der Waals surface area contributed by atoms with E-state index in [1.807, 2.05) is 37.3 Å². The molecule has 0 saturated carbocycles. The zero-order valence-electron chi connectivity index (χ0n) is 15.9. The first kappa shape index (κ1) is 18.9. The highest BCUT2D eigenvalue weighted by atomic mass is 19.1. The molecule has 4 rings (SSSR count). The quantitative estimate of drug-likeness (QED) is 0.396. The number of ketones is 1. The molecule has 1 aliphatic heterocycles. The number of aliphatic hydroxyl groups excluding tert-OH is 1. The van der Waals surface area contributed by atoms with Gasteiger partial charge in [0.25, 0.3) is 11.7 Å². The number of likely N-dealkylation sites (tertiary alicyclic amines) is 1. The molecule has 0 bridgehead atoms. The fraction of sp³-hybridized carbons (Fsp3) is 0.167. The molecule has 1 unspecified atom stereocenters. The number of Topliss-reactive ketones (excluding diaryl/α,β-unsaturated/α-hetero) is 1. The summed E-state index contributed by atoms with van der Waals surface area (Å²) in [6.45, 7) is 2.27. The summed E-state index contributed by atoms with van der Waals surface area (Å²) in [5.41, 5.74) is 1.11. The zero-order chi connectivity index (χ0) is 20.5. The Hall–Kier alpha value is -3.47. The van der Waals surface area contributed by atoms with E-state index in [9.17, 15) is 19.1 Å². The van der Waals surface area contributed by atoms with E-state index in [0.717, 1.165) is 10.8 Å². The summed E-state index contributed by atoms with van der Waals surface area (Å²) < 4.78 is 13.5. The smallest absolute Gasteiger partial charge is 0.295 e. The molecule has 0 radical (unpaired) electrons. The molecule has 1 atom stereocenters. The topological polar surface area (TPSA) is 57.6 Å². The minimum Gasteiger partial charge on any atom is -0.507 e. The van der Waals surface area contributed by atoms with Crippen LogP contribution < -0.4 is 0 Å². The van der Waals surface area contributed by atoms with Gasteiger partial charge in [-0.05, 0) is 34.9 Å². The average molecular weight is 389 g/mol. The molecule has 4 nitrogen and oxygen atoms in total. The zero-order valence-corrected chi connectivity index (χ0v) is 15.9. The van der Waals surface area contributed by atoms with E-state index in [2.05, 4.69) is 0 Å². The minimum absolute atomic E-state index is 0.0337. The second kappa shape index (κ2) is 7.51. The molecule has 1 aliphatic rings. The third-order valence-corrected chi connectivity index (χ3v) is 5.23. The second-order valence-corrected chi connectivity index (χ2v) is 7.07. The van der Waals surface area contributed by atoms with Crippen LogP contribution in [-0.2, 0) is 9.59 Å². The van der Waals surface area contributed by atoms with E-state index >= 15 is 0 Å². The fourth-order valence-corrected chi connectivity index (χ4v) is 3.92. The van der Waals surface area contributed by atoms with Crippen LogP contribution in [0.1, 0.15) is 30.5 Å². The van der Waals surface area contributed by atoms with Crippen molar-refractivity contribution < 1.29 is 19.1 Å².